The minimum Gasteiger partial charge on any atom is -0.464 e. The number of Topliss-reactive ketones (excluding diaryl/α,β-unsaturated/α-hetero) is 1. The van der Waals surface area contributed by atoms with Gasteiger partial charge in [-0.15, -0.1) is 0 Å². The first kappa shape index (κ1) is 15.4. The Hall–Kier alpha value is -2.94. The molecule has 0 aliphatic carbocycles. The van der Waals surface area contributed by atoms with E-state index in [0.717, 1.165) is 0 Å². The largest absolute Gasteiger partial charge is 0.464 e. The minimum absolute atomic E-state index is 0.0530. The van der Waals surface area contributed by atoms with E-state index in [9.17, 15) is 14.4 Å². The Kier molecular flexibility index (Phi) is 4.08. The summed E-state index contributed by atoms with van der Waals surface area (Å²) in [6, 6.07) is 6.00. The van der Waals surface area contributed by atoms with Gasteiger partial charge < -0.3 is 14.7 Å². The molecule has 0 bridgehead atoms. The fraction of sp³-hybridized carbons (Fsp3) is 0.231. The molecule has 0 fully saturated rings. The first-order chi connectivity index (χ1) is 10.4. The lowest BCUT2D eigenvalue weighted by molar-refractivity contribution is -0.155. The zero-order chi connectivity index (χ0) is 16.3. The van der Waals surface area contributed by atoms with Crippen LogP contribution in [0.3, 0.4) is 0 Å². The van der Waals surface area contributed by atoms with E-state index < -0.39 is 23.4 Å². The van der Waals surface area contributed by atoms with Gasteiger partial charge in [-0.05, 0) is 19.1 Å². The van der Waals surface area contributed by atoms with Crippen LogP contribution in [-0.4, -0.2) is 41.4 Å². The third kappa shape index (κ3) is 2.37. The summed E-state index contributed by atoms with van der Waals surface area (Å²) in [5, 5.41) is 12.2. The van der Waals surface area contributed by atoms with Crippen LogP contribution < -0.4 is 10.2 Å². The number of benzene rings is 1. The number of carbonyl (C=O) groups is 3. The molecule has 0 saturated carbocycles. The Morgan fingerprint density at radius 2 is 2.05 bits per heavy atom. The van der Waals surface area contributed by atoms with E-state index in [4.69, 9.17) is 14.7 Å². The predicted octanol–water partition coefficient (Wildman–Crippen LogP) is 0.749. The van der Waals surface area contributed by atoms with Crippen LogP contribution in [0.1, 0.15) is 17.3 Å². The number of amides is 1. The van der Waals surface area contributed by atoms with E-state index >= 15 is 0 Å². The predicted molar refractivity (Wildman–Crippen MR) is 71.5 cm³/mol. The summed E-state index contributed by atoms with van der Waals surface area (Å²) in [5.74, 6) is -1.88. The number of hydroxylamine groups is 1. The summed E-state index contributed by atoms with van der Waals surface area (Å²) >= 11 is 0. The number of ketones is 1. The van der Waals surface area contributed by atoms with Gasteiger partial charge in [0.2, 0.25) is 5.78 Å². The lowest BCUT2D eigenvalue weighted by Gasteiger charge is -2.32. The van der Waals surface area contributed by atoms with Crippen molar-refractivity contribution in [1.82, 2.24) is 5.48 Å². The quantitative estimate of drug-likeness (QED) is 0.276. The molecule has 1 atom stereocenters. The average Bonchev–Trinajstić information content (AvgIpc) is 2.47. The molecule has 0 spiro atoms. The zero-order valence-corrected chi connectivity index (χ0v) is 11.7. The topological polar surface area (TPSA) is 124 Å². The molecule has 1 aliphatic rings. The van der Waals surface area contributed by atoms with Crippen LogP contribution in [0.15, 0.2) is 29.4 Å². The molecular formula is C13H12N2O7. The highest BCUT2D eigenvalue weighted by Gasteiger charge is 2.57. The number of nitrogens with one attached hydrogen (secondary N) is 1. The number of esters is 1. The van der Waals surface area contributed by atoms with Gasteiger partial charge in [0.15, 0.2) is 0 Å². The van der Waals surface area contributed by atoms with E-state index in [1.807, 2.05) is 0 Å². The number of rotatable bonds is 4. The molecule has 1 amide bonds. The molecule has 22 heavy (non-hydrogen) atoms. The van der Waals surface area contributed by atoms with Gasteiger partial charge in [0.1, 0.15) is 18.6 Å². The van der Waals surface area contributed by atoms with Gasteiger partial charge in [0, 0.05) is 0 Å². The Labute approximate surface area is 124 Å². The van der Waals surface area contributed by atoms with E-state index in [1.165, 1.54) is 26.2 Å². The van der Waals surface area contributed by atoms with Crippen molar-refractivity contribution < 1.29 is 33.9 Å². The number of hydrogen-bond donors (Lipinski definition) is 2. The van der Waals surface area contributed by atoms with Crippen molar-refractivity contribution in [1.29, 1.82) is 0 Å². The van der Waals surface area contributed by atoms with Crippen molar-refractivity contribution in [2.24, 2.45) is 5.16 Å². The number of oxime groups is 1. The minimum atomic E-state index is -2.39. The standard InChI is InChI=1S/C13H12N2O7/c1-7(14-20-2)13(22-15-12(18)19)10(16)8-5-3-4-6-9(8)21-11(13)17/h3-6,15H,1-2H3,(H,18,19)/b14-7+. The Morgan fingerprint density at radius 3 is 2.68 bits per heavy atom. The molecule has 116 valence electrons. The Bertz CT molecular complexity index is 670. The maximum absolute atomic E-state index is 12.7. The number of carbonyl (C=O) groups excluding carboxylic acids is 2. The van der Waals surface area contributed by atoms with Crippen molar-refractivity contribution >= 4 is 23.6 Å². The summed E-state index contributed by atoms with van der Waals surface area (Å²) in [6.07, 6.45) is -1.59. The lowest BCUT2D eigenvalue weighted by Crippen LogP contribution is -2.61. The number of hydrogen-bond acceptors (Lipinski definition) is 7. The lowest BCUT2D eigenvalue weighted by atomic mass is 9.86. The molecule has 2 rings (SSSR count). The van der Waals surface area contributed by atoms with Crippen LogP contribution in [0.25, 0.3) is 0 Å². The molecule has 9 nitrogen and oxygen atoms in total. The zero-order valence-electron chi connectivity index (χ0n) is 11.7. The fourth-order valence-electron chi connectivity index (χ4n) is 1.99. The molecule has 0 aromatic heterocycles. The number of fused-ring (bicyclic) bond motifs is 1. The van der Waals surface area contributed by atoms with Crippen LogP contribution in [0.5, 0.6) is 5.75 Å². The summed E-state index contributed by atoms with van der Waals surface area (Å²) in [6.45, 7) is 1.28. The third-order valence-electron chi connectivity index (χ3n) is 2.97. The molecule has 1 heterocycles. The van der Waals surface area contributed by atoms with E-state index in [1.54, 1.807) is 17.6 Å². The van der Waals surface area contributed by atoms with Gasteiger partial charge in [-0.3, -0.25) is 4.79 Å². The van der Waals surface area contributed by atoms with Crippen LogP contribution in [0.2, 0.25) is 0 Å². The van der Waals surface area contributed by atoms with Gasteiger partial charge in [-0.2, -0.15) is 5.48 Å². The van der Waals surface area contributed by atoms with Crippen molar-refractivity contribution in [2.75, 3.05) is 7.11 Å². The normalized spacial score (nSPS) is 20.9. The molecule has 9 heteroatoms. The van der Waals surface area contributed by atoms with Gasteiger partial charge >= 0.3 is 12.1 Å². The maximum atomic E-state index is 12.7. The van der Waals surface area contributed by atoms with Gasteiger partial charge in [0.05, 0.1) is 5.56 Å². The molecule has 0 saturated heterocycles. The molecule has 1 aromatic rings. The number of ether oxygens (including phenoxy) is 1. The molecule has 1 aliphatic heterocycles. The summed E-state index contributed by atoms with van der Waals surface area (Å²) < 4.78 is 5.06. The third-order valence-corrected chi connectivity index (χ3v) is 2.97. The number of nitrogens with zero attached hydrogens (tertiary/aromatic N) is 1. The summed E-state index contributed by atoms with van der Waals surface area (Å²) in [7, 11) is 1.20. The van der Waals surface area contributed by atoms with Gasteiger partial charge in [0.25, 0.3) is 5.60 Å². The van der Waals surface area contributed by atoms with Crippen LogP contribution in [0.4, 0.5) is 4.79 Å². The summed E-state index contributed by atoms with van der Waals surface area (Å²) in [4.78, 5) is 45.0. The molecule has 2 N–H and O–H groups in total. The van der Waals surface area contributed by atoms with E-state index in [0.29, 0.717) is 0 Å². The monoisotopic (exact) mass is 308 g/mol. The highest BCUT2D eigenvalue weighted by Crippen LogP contribution is 2.33. The summed E-state index contributed by atoms with van der Waals surface area (Å²) in [5.41, 5.74) is -1.000. The first-order valence-electron chi connectivity index (χ1n) is 6.04. The highest BCUT2D eigenvalue weighted by atomic mass is 16.7. The number of carboxylic acid groups (broad SMARTS) is 1. The van der Waals surface area contributed by atoms with E-state index in [-0.39, 0.29) is 17.0 Å². The number of para-hydroxylation sites is 1. The van der Waals surface area contributed by atoms with Crippen LogP contribution in [-0.2, 0) is 14.5 Å². The van der Waals surface area contributed by atoms with E-state index in [2.05, 4.69) is 9.99 Å². The van der Waals surface area contributed by atoms with Gasteiger partial charge in [-0.25, -0.2) is 14.4 Å². The van der Waals surface area contributed by atoms with Crippen molar-refractivity contribution in [3.05, 3.63) is 29.8 Å². The maximum Gasteiger partial charge on any atom is 0.428 e. The van der Waals surface area contributed by atoms with Crippen molar-refractivity contribution in [3.63, 3.8) is 0 Å². The average molecular weight is 308 g/mol. The molecule has 0 radical (unpaired) electrons. The fourth-order valence-corrected chi connectivity index (χ4v) is 1.99. The highest BCUT2D eigenvalue weighted by molar-refractivity contribution is 6.34. The van der Waals surface area contributed by atoms with Gasteiger partial charge in [-0.1, -0.05) is 17.3 Å². The first-order valence-corrected chi connectivity index (χ1v) is 6.04. The Morgan fingerprint density at radius 1 is 1.36 bits per heavy atom. The van der Waals surface area contributed by atoms with Crippen LogP contribution in [0, 0.1) is 0 Å². The molecule has 1 unspecified atom stereocenters. The smallest absolute Gasteiger partial charge is 0.428 e. The Balaban J connectivity index is 2.57. The second kappa shape index (κ2) is 5.82. The molecular weight excluding hydrogens is 296 g/mol. The molecule has 1 aromatic carbocycles. The second-order valence-electron chi connectivity index (χ2n) is 4.26. The van der Waals surface area contributed by atoms with Crippen molar-refractivity contribution in [2.45, 2.75) is 12.5 Å². The van der Waals surface area contributed by atoms with Crippen molar-refractivity contribution in [3.8, 4) is 5.75 Å². The SMILES string of the molecule is CO/N=C(\C)C1(ONC(=O)O)C(=O)Oc2ccccc2C1=O. The second-order valence-corrected chi connectivity index (χ2v) is 4.26. The van der Waals surface area contributed by atoms with Crippen LogP contribution >= 0.6 is 0 Å².